The van der Waals surface area contributed by atoms with Crippen LogP contribution >= 0.6 is 0 Å². The van der Waals surface area contributed by atoms with E-state index in [1.165, 1.54) is 23.1 Å². The van der Waals surface area contributed by atoms with E-state index >= 15 is 0 Å². The van der Waals surface area contributed by atoms with Crippen molar-refractivity contribution < 1.29 is 0 Å². The molecule has 2 rings (SSSR count). The van der Waals surface area contributed by atoms with Crippen molar-refractivity contribution >= 4 is 0 Å². The van der Waals surface area contributed by atoms with Gasteiger partial charge in [0.1, 0.15) is 0 Å². The van der Waals surface area contributed by atoms with Crippen LogP contribution in [0.2, 0.25) is 0 Å². The van der Waals surface area contributed by atoms with Crippen LogP contribution in [0.3, 0.4) is 0 Å². The molecule has 0 saturated carbocycles. The van der Waals surface area contributed by atoms with E-state index in [2.05, 4.69) is 30.4 Å². The van der Waals surface area contributed by atoms with E-state index in [0.717, 1.165) is 13.1 Å². The molecule has 0 bridgehead atoms. The lowest BCUT2D eigenvalue weighted by Crippen LogP contribution is -2.10. The van der Waals surface area contributed by atoms with E-state index in [4.69, 9.17) is 5.73 Å². The lowest BCUT2D eigenvalue weighted by molar-refractivity contribution is 0.754. The van der Waals surface area contributed by atoms with Crippen LogP contribution in [-0.2, 0) is 6.54 Å². The Bertz CT molecular complexity index is 314. The number of benzene rings is 1. The van der Waals surface area contributed by atoms with E-state index in [0.29, 0.717) is 12.5 Å². The highest BCUT2D eigenvalue weighted by Gasteiger charge is 2.18. The van der Waals surface area contributed by atoms with Gasteiger partial charge in [0.15, 0.2) is 0 Å². The second-order valence-electron chi connectivity index (χ2n) is 4.03. The molecule has 0 amide bonds. The number of hydrogen-bond donors (Lipinski definition) is 2. The Morgan fingerprint density at radius 3 is 3.00 bits per heavy atom. The smallest absolute Gasteiger partial charge is 0.0180 e. The van der Waals surface area contributed by atoms with Crippen molar-refractivity contribution in [2.75, 3.05) is 13.1 Å². The van der Waals surface area contributed by atoms with Gasteiger partial charge in [0, 0.05) is 13.1 Å². The zero-order chi connectivity index (χ0) is 9.97. The molecule has 3 N–H and O–H groups in total. The minimum Gasteiger partial charge on any atom is -0.326 e. The monoisotopic (exact) mass is 190 g/mol. The van der Waals surface area contributed by atoms with Crippen molar-refractivity contribution in [3.8, 4) is 0 Å². The highest BCUT2D eigenvalue weighted by Crippen LogP contribution is 2.26. The normalized spacial score (nSPS) is 21.4. The first-order chi connectivity index (χ1) is 6.83. The highest BCUT2D eigenvalue weighted by molar-refractivity contribution is 5.37. The van der Waals surface area contributed by atoms with E-state index in [1.807, 2.05) is 0 Å². The Kier molecular flexibility index (Phi) is 2.85. The van der Waals surface area contributed by atoms with Gasteiger partial charge in [0.25, 0.3) is 0 Å². The van der Waals surface area contributed by atoms with Gasteiger partial charge in [-0.15, -0.1) is 0 Å². The topological polar surface area (TPSA) is 38.0 Å². The minimum absolute atomic E-state index is 0.653. The van der Waals surface area contributed by atoms with Crippen molar-refractivity contribution in [3.05, 3.63) is 34.9 Å². The average Bonchev–Trinajstić information content (AvgIpc) is 2.71. The van der Waals surface area contributed by atoms with E-state index in [1.54, 1.807) is 0 Å². The van der Waals surface area contributed by atoms with Crippen molar-refractivity contribution in [2.45, 2.75) is 25.8 Å². The molecular formula is C12H18N2. The molecule has 1 aliphatic heterocycles. The predicted octanol–water partition coefficient (Wildman–Crippen LogP) is 1.53. The van der Waals surface area contributed by atoms with E-state index < -0.39 is 0 Å². The van der Waals surface area contributed by atoms with Crippen LogP contribution in [0.25, 0.3) is 0 Å². The molecule has 1 heterocycles. The molecule has 1 atom stereocenters. The molecule has 2 heteroatoms. The second kappa shape index (κ2) is 4.11. The minimum atomic E-state index is 0.653. The number of nitrogens with two attached hydrogens (primary N) is 1. The summed E-state index contributed by atoms with van der Waals surface area (Å²) in [6.07, 6.45) is 1.26. The summed E-state index contributed by atoms with van der Waals surface area (Å²) in [7, 11) is 0. The van der Waals surface area contributed by atoms with Crippen LogP contribution in [0.1, 0.15) is 29.0 Å². The molecular weight excluding hydrogens is 172 g/mol. The molecule has 1 unspecified atom stereocenters. The summed E-state index contributed by atoms with van der Waals surface area (Å²) in [5.74, 6) is 0.696. The standard InChI is InChI=1S/C12H18N2/c1-9-10(7-13)3-2-4-12(9)11-5-6-14-8-11/h2-4,11,14H,5-8,13H2,1H3. The van der Waals surface area contributed by atoms with Gasteiger partial charge in [-0.25, -0.2) is 0 Å². The molecule has 1 aromatic rings. The molecule has 1 aromatic carbocycles. The first-order valence-electron chi connectivity index (χ1n) is 5.32. The molecule has 0 aliphatic carbocycles. The third-order valence-electron chi connectivity index (χ3n) is 3.21. The summed E-state index contributed by atoms with van der Waals surface area (Å²) in [4.78, 5) is 0. The van der Waals surface area contributed by atoms with Crippen LogP contribution in [0.4, 0.5) is 0 Å². The summed E-state index contributed by atoms with van der Waals surface area (Å²) >= 11 is 0. The fraction of sp³-hybridized carbons (Fsp3) is 0.500. The summed E-state index contributed by atoms with van der Waals surface area (Å²) in [6, 6.07) is 6.50. The fourth-order valence-electron chi connectivity index (χ4n) is 2.29. The number of hydrogen-bond acceptors (Lipinski definition) is 2. The number of nitrogens with one attached hydrogen (secondary N) is 1. The third kappa shape index (κ3) is 1.68. The average molecular weight is 190 g/mol. The van der Waals surface area contributed by atoms with E-state index in [9.17, 15) is 0 Å². The first-order valence-corrected chi connectivity index (χ1v) is 5.32. The van der Waals surface area contributed by atoms with Crippen molar-refractivity contribution in [3.63, 3.8) is 0 Å². The Morgan fingerprint density at radius 2 is 2.36 bits per heavy atom. The zero-order valence-corrected chi connectivity index (χ0v) is 8.72. The summed E-state index contributed by atoms with van der Waals surface area (Å²) in [6.45, 7) is 5.11. The van der Waals surface area contributed by atoms with Crippen molar-refractivity contribution in [2.24, 2.45) is 5.73 Å². The van der Waals surface area contributed by atoms with Gasteiger partial charge in [-0.05, 0) is 42.5 Å². The van der Waals surface area contributed by atoms with Gasteiger partial charge in [-0.2, -0.15) is 0 Å². The fourth-order valence-corrected chi connectivity index (χ4v) is 2.29. The Morgan fingerprint density at radius 1 is 1.50 bits per heavy atom. The Hall–Kier alpha value is -0.860. The van der Waals surface area contributed by atoms with Gasteiger partial charge < -0.3 is 11.1 Å². The maximum absolute atomic E-state index is 5.70. The first kappa shape index (κ1) is 9.69. The zero-order valence-electron chi connectivity index (χ0n) is 8.72. The van der Waals surface area contributed by atoms with Gasteiger partial charge in [-0.1, -0.05) is 18.2 Å². The summed E-state index contributed by atoms with van der Waals surface area (Å²) in [5, 5.41) is 3.40. The van der Waals surface area contributed by atoms with Gasteiger partial charge >= 0.3 is 0 Å². The molecule has 1 aliphatic rings. The summed E-state index contributed by atoms with van der Waals surface area (Å²) in [5.41, 5.74) is 9.87. The van der Waals surface area contributed by atoms with E-state index in [-0.39, 0.29) is 0 Å². The number of rotatable bonds is 2. The quantitative estimate of drug-likeness (QED) is 0.742. The molecule has 76 valence electrons. The molecule has 1 saturated heterocycles. The molecule has 0 radical (unpaired) electrons. The third-order valence-corrected chi connectivity index (χ3v) is 3.21. The second-order valence-corrected chi connectivity index (χ2v) is 4.03. The van der Waals surface area contributed by atoms with Crippen LogP contribution in [0, 0.1) is 6.92 Å². The Labute approximate surface area is 85.5 Å². The predicted molar refractivity (Wildman–Crippen MR) is 59.3 cm³/mol. The molecule has 0 spiro atoms. The highest BCUT2D eigenvalue weighted by atomic mass is 14.9. The van der Waals surface area contributed by atoms with Gasteiger partial charge in [-0.3, -0.25) is 0 Å². The molecule has 2 nitrogen and oxygen atoms in total. The SMILES string of the molecule is Cc1c(CN)cccc1C1CCNC1. The molecule has 1 fully saturated rings. The van der Waals surface area contributed by atoms with Crippen molar-refractivity contribution in [1.82, 2.24) is 5.32 Å². The largest absolute Gasteiger partial charge is 0.326 e. The maximum atomic E-state index is 5.70. The molecule has 14 heavy (non-hydrogen) atoms. The van der Waals surface area contributed by atoms with Crippen LogP contribution in [0.15, 0.2) is 18.2 Å². The van der Waals surface area contributed by atoms with Gasteiger partial charge in [0.05, 0.1) is 0 Å². The van der Waals surface area contributed by atoms with Crippen LogP contribution < -0.4 is 11.1 Å². The molecule has 0 aromatic heterocycles. The summed E-state index contributed by atoms with van der Waals surface area (Å²) < 4.78 is 0. The van der Waals surface area contributed by atoms with Crippen LogP contribution in [-0.4, -0.2) is 13.1 Å². The van der Waals surface area contributed by atoms with Gasteiger partial charge in [0.2, 0.25) is 0 Å². The van der Waals surface area contributed by atoms with Crippen molar-refractivity contribution in [1.29, 1.82) is 0 Å². The maximum Gasteiger partial charge on any atom is 0.0180 e. The van der Waals surface area contributed by atoms with Crippen LogP contribution in [0.5, 0.6) is 0 Å². The lowest BCUT2D eigenvalue weighted by atomic mass is 9.91. The lowest BCUT2D eigenvalue weighted by Gasteiger charge is -2.14. The Balaban J connectivity index is 2.32.